The molecule has 254 valence electrons. The molecule has 0 spiro atoms. The zero-order valence-corrected chi connectivity index (χ0v) is 27.2. The van der Waals surface area contributed by atoms with E-state index >= 15 is 0 Å². The van der Waals surface area contributed by atoms with Crippen LogP contribution in [0.3, 0.4) is 0 Å². The minimum atomic E-state index is -1.09. The molecule has 2 aromatic carbocycles. The molecule has 2 aliphatic heterocycles. The lowest BCUT2D eigenvalue weighted by Gasteiger charge is -2.30. The number of benzene rings is 2. The van der Waals surface area contributed by atoms with Crippen LogP contribution in [0.25, 0.3) is 10.9 Å². The molecule has 1 aliphatic carbocycles. The van der Waals surface area contributed by atoms with E-state index in [0.717, 1.165) is 47.7 Å². The fourth-order valence-corrected chi connectivity index (χ4v) is 7.30. The van der Waals surface area contributed by atoms with E-state index in [1.807, 2.05) is 54.6 Å². The van der Waals surface area contributed by atoms with Crippen LogP contribution < -0.4 is 16.0 Å². The summed E-state index contributed by atoms with van der Waals surface area (Å²) in [6.45, 7) is 1.16. The monoisotopic (exact) mass is 656 g/mol. The first kappa shape index (κ1) is 33.2. The van der Waals surface area contributed by atoms with Gasteiger partial charge in [-0.1, -0.05) is 61.4 Å². The number of aromatic amines is 1. The molecule has 5 amide bonds. The van der Waals surface area contributed by atoms with Crippen LogP contribution in [0, 0.1) is 5.92 Å². The topological polar surface area (TPSA) is 164 Å². The second kappa shape index (κ2) is 14.6. The van der Waals surface area contributed by atoms with Crippen molar-refractivity contribution >= 4 is 40.4 Å². The minimum Gasteiger partial charge on any atom is -0.391 e. The summed E-state index contributed by atoms with van der Waals surface area (Å²) < 4.78 is 0. The molecule has 3 fully saturated rings. The molecule has 12 heteroatoms. The summed E-state index contributed by atoms with van der Waals surface area (Å²) in [7, 11) is 0. The van der Waals surface area contributed by atoms with Gasteiger partial charge in [-0.25, -0.2) is 0 Å². The van der Waals surface area contributed by atoms with E-state index in [9.17, 15) is 29.1 Å². The maximum absolute atomic E-state index is 14.2. The van der Waals surface area contributed by atoms with E-state index in [0.29, 0.717) is 6.42 Å². The predicted molar refractivity (Wildman–Crippen MR) is 178 cm³/mol. The molecule has 3 aliphatic rings. The number of fused-ring (bicyclic) bond motifs is 2. The predicted octanol–water partition coefficient (Wildman–Crippen LogP) is 1.94. The van der Waals surface area contributed by atoms with Gasteiger partial charge in [0.2, 0.25) is 29.5 Å². The fraction of sp³-hybridized carbons (Fsp3) is 0.472. The number of amides is 5. The lowest BCUT2D eigenvalue weighted by molar-refractivity contribution is -0.142. The molecule has 12 nitrogen and oxygen atoms in total. The van der Waals surface area contributed by atoms with Gasteiger partial charge in [-0.05, 0) is 42.9 Å². The molecule has 48 heavy (non-hydrogen) atoms. The summed E-state index contributed by atoms with van der Waals surface area (Å²) in [5, 5.41) is 20.1. The summed E-state index contributed by atoms with van der Waals surface area (Å²) in [4.78, 5) is 75.1. The van der Waals surface area contributed by atoms with Crippen molar-refractivity contribution in [2.45, 2.75) is 82.1 Å². The summed E-state index contributed by atoms with van der Waals surface area (Å²) >= 11 is 0. The highest BCUT2D eigenvalue weighted by Gasteiger charge is 2.42. The Balaban J connectivity index is 1.36. The number of nitrogens with one attached hydrogen (secondary N) is 4. The van der Waals surface area contributed by atoms with Crippen LogP contribution >= 0.6 is 0 Å². The van der Waals surface area contributed by atoms with Gasteiger partial charge < -0.3 is 35.8 Å². The van der Waals surface area contributed by atoms with Gasteiger partial charge >= 0.3 is 0 Å². The third kappa shape index (κ3) is 7.54. The van der Waals surface area contributed by atoms with Gasteiger partial charge in [0.05, 0.1) is 18.7 Å². The number of aliphatic hydroxyl groups excluding tert-OH is 1. The number of hydrogen-bond acceptors (Lipinski definition) is 6. The smallest absolute Gasteiger partial charge is 0.246 e. The lowest BCUT2D eigenvalue weighted by atomic mass is 10.0. The van der Waals surface area contributed by atoms with Crippen LogP contribution in [0.5, 0.6) is 0 Å². The average molecular weight is 657 g/mol. The number of para-hydroxylation sites is 1. The van der Waals surface area contributed by atoms with Gasteiger partial charge in [-0.15, -0.1) is 0 Å². The quantitative estimate of drug-likeness (QED) is 0.282. The number of hydrogen-bond donors (Lipinski definition) is 5. The fourth-order valence-electron chi connectivity index (χ4n) is 7.30. The van der Waals surface area contributed by atoms with E-state index in [1.54, 1.807) is 13.1 Å². The maximum atomic E-state index is 14.2. The number of aliphatic hydroxyl groups is 1. The first-order chi connectivity index (χ1) is 23.2. The van der Waals surface area contributed by atoms with Gasteiger partial charge in [0.1, 0.15) is 18.1 Å². The Morgan fingerprint density at radius 2 is 1.62 bits per heavy atom. The molecule has 0 radical (unpaired) electrons. The molecule has 6 rings (SSSR count). The second-order valence-electron chi connectivity index (χ2n) is 13.4. The Labute approximate surface area is 279 Å². The Bertz CT molecular complexity index is 1650. The second-order valence-corrected chi connectivity index (χ2v) is 13.4. The molecule has 3 heterocycles. The zero-order valence-electron chi connectivity index (χ0n) is 27.2. The Kier molecular flexibility index (Phi) is 10.1. The van der Waals surface area contributed by atoms with E-state index in [2.05, 4.69) is 20.9 Å². The molecular weight excluding hydrogens is 612 g/mol. The molecule has 5 N–H and O–H groups in total. The van der Waals surface area contributed by atoms with Crippen LogP contribution in [0.2, 0.25) is 0 Å². The Hall–Kier alpha value is -4.71. The molecular formula is C36H44N6O6. The number of nitrogens with zero attached hydrogens (tertiary/aromatic N) is 2. The highest BCUT2D eigenvalue weighted by atomic mass is 16.3. The molecule has 2 saturated heterocycles. The van der Waals surface area contributed by atoms with Crippen molar-refractivity contribution in [1.29, 1.82) is 0 Å². The minimum absolute atomic E-state index is 0.00422. The van der Waals surface area contributed by atoms with Crippen LogP contribution in [-0.2, 0) is 30.4 Å². The SMILES string of the molecule is C[C@@H]1NC(=O)[C@@H]2C[C@@H](O)CN2C(=O)[C@@H](Cc2c[nH]c3ccccc23)NC(=O)CN(C(=O)CC2CCCC2)C[C@@H](c2ccccc2)NC1=O. The van der Waals surface area contributed by atoms with Gasteiger partial charge in [-0.2, -0.15) is 0 Å². The number of aromatic nitrogens is 1. The average Bonchev–Trinajstić information content (AvgIpc) is 3.84. The highest BCUT2D eigenvalue weighted by molar-refractivity contribution is 5.96. The van der Waals surface area contributed by atoms with Crippen molar-refractivity contribution in [1.82, 2.24) is 30.7 Å². The van der Waals surface area contributed by atoms with Gasteiger partial charge in [0.25, 0.3) is 0 Å². The van der Waals surface area contributed by atoms with Crippen molar-refractivity contribution in [3.05, 3.63) is 71.9 Å². The van der Waals surface area contributed by atoms with Gasteiger partial charge in [0.15, 0.2) is 0 Å². The first-order valence-electron chi connectivity index (χ1n) is 16.9. The zero-order chi connectivity index (χ0) is 33.8. The van der Waals surface area contributed by atoms with E-state index < -0.39 is 53.9 Å². The molecule has 5 atom stereocenters. The van der Waals surface area contributed by atoms with Gasteiger partial charge in [0, 0.05) is 49.5 Å². The van der Waals surface area contributed by atoms with E-state index in [-0.39, 0.29) is 44.3 Å². The maximum Gasteiger partial charge on any atom is 0.246 e. The van der Waals surface area contributed by atoms with Crippen LogP contribution in [0.1, 0.15) is 62.6 Å². The third-order valence-corrected chi connectivity index (χ3v) is 9.90. The first-order valence-corrected chi connectivity index (χ1v) is 16.9. The van der Waals surface area contributed by atoms with Crippen molar-refractivity contribution in [3.63, 3.8) is 0 Å². The number of H-pyrrole nitrogens is 1. The summed E-state index contributed by atoms with van der Waals surface area (Å²) in [6.07, 6.45) is 5.28. The van der Waals surface area contributed by atoms with Crippen molar-refractivity contribution in [2.24, 2.45) is 5.92 Å². The van der Waals surface area contributed by atoms with E-state index in [1.165, 1.54) is 9.80 Å². The van der Waals surface area contributed by atoms with Crippen LogP contribution in [0.15, 0.2) is 60.8 Å². The van der Waals surface area contributed by atoms with Gasteiger partial charge in [-0.3, -0.25) is 24.0 Å². The molecule has 0 unspecified atom stereocenters. The summed E-state index contributed by atoms with van der Waals surface area (Å²) in [5.74, 6) is -2.07. The number of rotatable bonds is 5. The largest absolute Gasteiger partial charge is 0.391 e. The van der Waals surface area contributed by atoms with Crippen molar-refractivity contribution < 1.29 is 29.1 Å². The number of carbonyl (C=O) groups excluding carboxylic acids is 5. The highest BCUT2D eigenvalue weighted by Crippen LogP contribution is 2.29. The summed E-state index contributed by atoms with van der Waals surface area (Å²) in [6, 6.07) is 13.1. The standard InChI is InChI=1S/C36H44N6O6/c1-22-34(46)40-30(24-11-3-2-4-12-24)20-41(33(45)15-23-9-5-6-10-23)21-32(44)39-29(16-25-18-37-28-14-8-7-13-27(25)28)36(48)42-19-26(43)17-31(42)35(47)38-22/h2-4,7-8,11-14,18,22-23,26,29-31,37,43H,5-6,9-10,15-17,19-21H2,1H3,(H,38,47)(H,39,44)(H,40,46)/t22-,26+,29+,30-,31-/m0/s1. The molecule has 1 aromatic heterocycles. The van der Waals surface area contributed by atoms with Crippen molar-refractivity contribution in [3.8, 4) is 0 Å². The number of carbonyl (C=O) groups is 5. The van der Waals surface area contributed by atoms with Crippen LogP contribution in [-0.4, -0.2) is 93.3 Å². The molecule has 1 saturated carbocycles. The lowest BCUT2D eigenvalue weighted by Crippen LogP contribution is -2.56. The molecule has 0 bridgehead atoms. The summed E-state index contributed by atoms with van der Waals surface area (Å²) in [5.41, 5.74) is 2.41. The molecule has 3 aromatic rings. The van der Waals surface area contributed by atoms with Crippen LogP contribution in [0.4, 0.5) is 0 Å². The van der Waals surface area contributed by atoms with E-state index in [4.69, 9.17) is 0 Å². The normalized spacial score (nSPS) is 26.4. The third-order valence-electron chi connectivity index (χ3n) is 9.90. The Morgan fingerprint density at radius 3 is 2.40 bits per heavy atom. The Morgan fingerprint density at radius 1 is 0.896 bits per heavy atom. The van der Waals surface area contributed by atoms with Crippen molar-refractivity contribution in [2.75, 3.05) is 19.6 Å².